The van der Waals surface area contributed by atoms with Crippen LogP contribution in [-0.2, 0) is 20.9 Å². The molecule has 0 aromatic heterocycles. The Balaban J connectivity index is 1.73. The van der Waals surface area contributed by atoms with E-state index in [0.29, 0.717) is 11.2 Å². The Hall–Kier alpha value is -1.90. The van der Waals surface area contributed by atoms with E-state index >= 15 is 0 Å². The van der Waals surface area contributed by atoms with Gasteiger partial charge in [0.2, 0.25) is 0 Å². The second-order valence-electron chi connectivity index (χ2n) is 8.76. The minimum atomic E-state index is -2.14. The Bertz CT molecular complexity index is 903. The second kappa shape index (κ2) is 10.6. The first-order chi connectivity index (χ1) is 14.8. The number of rotatable bonds is 8. The van der Waals surface area contributed by atoms with Gasteiger partial charge in [-0.3, -0.25) is 0 Å². The molecule has 0 radical (unpaired) electrons. The van der Waals surface area contributed by atoms with Gasteiger partial charge in [-0.1, -0.05) is 0 Å². The van der Waals surface area contributed by atoms with Crippen molar-refractivity contribution in [3.63, 3.8) is 0 Å². The number of anilines is 1. The first-order valence-electron chi connectivity index (χ1n) is 11.1. The van der Waals surface area contributed by atoms with Crippen LogP contribution in [0, 0.1) is 13.8 Å². The molecule has 3 rings (SSSR count). The van der Waals surface area contributed by atoms with Crippen molar-refractivity contribution in [1.29, 1.82) is 0 Å². The van der Waals surface area contributed by atoms with Crippen molar-refractivity contribution in [2.45, 2.75) is 52.3 Å². The summed E-state index contributed by atoms with van der Waals surface area (Å²) in [5.74, 6) is -0.122. The third kappa shape index (κ3) is 5.87. The normalized spacial score (nSPS) is 17.0. The summed E-state index contributed by atoms with van der Waals surface area (Å²) in [5.41, 5.74) is 3.63. The Morgan fingerprint density at radius 1 is 1.10 bits per heavy atom. The van der Waals surface area contributed by atoms with Gasteiger partial charge in [-0.25, -0.2) is 0 Å². The van der Waals surface area contributed by atoms with Crippen molar-refractivity contribution >= 4 is 36.4 Å². The van der Waals surface area contributed by atoms with E-state index in [9.17, 15) is 9.59 Å². The van der Waals surface area contributed by atoms with Gasteiger partial charge in [0, 0.05) is 0 Å². The molecule has 1 fully saturated rings. The van der Waals surface area contributed by atoms with Crippen molar-refractivity contribution in [3.05, 3.63) is 64.2 Å². The number of nitrogens with one attached hydrogen (secondary N) is 1. The van der Waals surface area contributed by atoms with Crippen LogP contribution in [-0.4, -0.2) is 36.0 Å². The average molecular weight is 462 g/mol. The molecule has 1 aliphatic heterocycles. The van der Waals surface area contributed by atoms with E-state index in [2.05, 4.69) is 12.2 Å². The zero-order valence-corrected chi connectivity index (χ0v) is 20.4. The molecule has 4 nitrogen and oxygen atoms in total. The van der Waals surface area contributed by atoms with Crippen LogP contribution in [0.3, 0.4) is 0 Å². The number of esters is 1. The topological polar surface area (TPSA) is 55.4 Å². The van der Waals surface area contributed by atoms with Gasteiger partial charge in [0.25, 0.3) is 0 Å². The van der Waals surface area contributed by atoms with Crippen LogP contribution in [0.5, 0.6) is 0 Å². The fourth-order valence-corrected chi connectivity index (χ4v) is 11.0. The predicted octanol–water partition coefficient (Wildman–Crippen LogP) is 5.96. The zero-order valence-electron chi connectivity index (χ0n) is 18.7. The summed E-state index contributed by atoms with van der Waals surface area (Å²) in [5, 5.41) is 3.84. The third-order valence-electron chi connectivity index (χ3n) is 6.55. The summed E-state index contributed by atoms with van der Waals surface area (Å²) in [7, 11) is -2.14. The molecule has 1 saturated heterocycles. The van der Waals surface area contributed by atoms with Crippen LogP contribution < -0.4 is 5.32 Å². The van der Waals surface area contributed by atoms with Crippen molar-refractivity contribution < 1.29 is 14.3 Å². The Morgan fingerprint density at radius 3 is 2.29 bits per heavy atom. The summed E-state index contributed by atoms with van der Waals surface area (Å²) in [6.45, 7) is 6.27. The number of benzene rings is 2. The van der Waals surface area contributed by atoms with E-state index < -0.39 is 7.26 Å². The summed E-state index contributed by atoms with van der Waals surface area (Å²) < 4.78 is 5.61. The molecule has 0 spiro atoms. The fraction of sp³-hybridized carbons (Fsp3) is 0.440. The van der Waals surface area contributed by atoms with Crippen LogP contribution >= 0.6 is 18.9 Å². The van der Waals surface area contributed by atoms with Crippen LogP contribution in [0.4, 0.5) is 5.69 Å². The fourth-order valence-electron chi connectivity index (χ4n) is 5.02. The van der Waals surface area contributed by atoms with Gasteiger partial charge in [-0.15, -0.1) is 0 Å². The van der Waals surface area contributed by atoms with Gasteiger partial charge in [0.1, 0.15) is 0 Å². The molecule has 6 heteroatoms. The quantitative estimate of drug-likeness (QED) is 0.389. The van der Waals surface area contributed by atoms with Crippen LogP contribution in [0.2, 0.25) is 5.02 Å². The summed E-state index contributed by atoms with van der Waals surface area (Å²) in [6, 6.07) is 13.5. The molecule has 2 aromatic rings. The summed E-state index contributed by atoms with van der Waals surface area (Å²) >= 11 is 6.15. The maximum atomic E-state index is 13.4. The molecular weight excluding hydrogens is 429 g/mol. The number of halogens is 1. The SMILES string of the molecule is CCC(C(=O)Nc1c(C)cc(Cl)cc1C)[PH]1(CC(=O)OCc2ccccc2)CCCC1. The molecule has 0 bridgehead atoms. The number of amides is 1. The van der Waals surface area contributed by atoms with Gasteiger partial charge >= 0.3 is 191 Å². The van der Waals surface area contributed by atoms with Crippen LogP contribution in [0.25, 0.3) is 0 Å². The monoisotopic (exact) mass is 461 g/mol. The predicted molar refractivity (Wildman–Crippen MR) is 132 cm³/mol. The molecule has 0 aliphatic carbocycles. The molecular formula is C25H33ClNO3P. The molecule has 0 saturated carbocycles. The number of carbonyl (C=O) groups excluding carboxylic acids is 2. The molecule has 1 aliphatic rings. The van der Waals surface area contributed by atoms with Gasteiger partial charge in [-0.05, 0) is 0 Å². The van der Waals surface area contributed by atoms with Gasteiger partial charge in [-0.2, -0.15) is 0 Å². The number of hydrogen-bond donors (Lipinski definition) is 1. The van der Waals surface area contributed by atoms with E-state index in [0.717, 1.165) is 54.0 Å². The van der Waals surface area contributed by atoms with E-state index in [1.807, 2.05) is 56.3 Å². The second-order valence-corrected chi connectivity index (χ2v) is 14.0. The molecule has 31 heavy (non-hydrogen) atoms. The molecule has 1 atom stereocenters. The van der Waals surface area contributed by atoms with Crippen LogP contribution in [0.15, 0.2) is 42.5 Å². The van der Waals surface area contributed by atoms with E-state index in [1.165, 1.54) is 0 Å². The number of hydrogen-bond acceptors (Lipinski definition) is 3. The van der Waals surface area contributed by atoms with Crippen LogP contribution in [0.1, 0.15) is 42.9 Å². The van der Waals surface area contributed by atoms with Gasteiger partial charge in [0.15, 0.2) is 0 Å². The van der Waals surface area contributed by atoms with E-state index in [-0.39, 0.29) is 24.1 Å². The third-order valence-corrected chi connectivity index (χ3v) is 12.6. The zero-order chi connectivity index (χ0) is 22.4. The molecule has 168 valence electrons. The van der Waals surface area contributed by atoms with Crippen molar-refractivity contribution in [2.24, 2.45) is 0 Å². The Morgan fingerprint density at radius 2 is 1.71 bits per heavy atom. The van der Waals surface area contributed by atoms with Gasteiger partial charge < -0.3 is 0 Å². The number of ether oxygens (including phenoxy) is 1. The van der Waals surface area contributed by atoms with Crippen molar-refractivity contribution in [1.82, 2.24) is 0 Å². The first kappa shape index (κ1) is 23.8. The van der Waals surface area contributed by atoms with E-state index in [1.54, 1.807) is 0 Å². The Kier molecular flexibility index (Phi) is 8.13. The number of aryl methyl sites for hydroxylation is 2. The number of carbonyl (C=O) groups is 2. The van der Waals surface area contributed by atoms with Crippen molar-refractivity contribution in [2.75, 3.05) is 23.8 Å². The molecule has 1 N–H and O–H groups in total. The first-order valence-corrected chi connectivity index (χ1v) is 14.2. The molecule has 1 heterocycles. The van der Waals surface area contributed by atoms with Gasteiger partial charge in [0.05, 0.1) is 0 Å². The molecule has 1 amide bonds. The Labute approximate surface area is 191 Å². The average Bonchev–Trinajstić information content (AvgIpc) is 3.19. The summed E-state index contributed by atoms with van der Waals surface area (Å²) in [4.78, 5) is 26.2. The van der Waals surface area contributed by atoms with E-state index in [4.69, 9.17) is 16.3 Å². The summed E-state index contributed by atoms with van der Waals surface area (Å²) in [6.07, 6.45) is 5.39. The molecule has 1 unspecified atom stereocenters. The standard InChI is InChI=1S/C25H33ClNO3P/c1-4-22(25(29)27-24-18(2)14-21(26)15-19(24)3)31(12-8-9-13-31)17-23(28)30-16-20-10-6-5-7-11-20/h5-7,10-11,14-15,22,31H,4,8-9,12-13,16-17H2,1-3H3,(H,27,29). The minimum absolute atomic E-state index is 0.0421. The molecule has 2 aromatic carbocycles. The van der Waals surface area contributed by atoms with Crippen molar-refractivity contribution in [3.8, 4) is 0 Å². The maximum absolute atomic E-state index is 13.4.